The fourth-order valence-corrected chi connectivity index (χ4v) is 1.90. The Bertz CT molecular complexity index is 425. The highest BCUT2D eigenvalue weighted by Crippen LogP contribution is 2.37. The third-order valence-electron chi connectivity index (χ3n) is 2.78. The van der Waals surface area contributed by atoms with E-state index >= 15 is 0 Å². The number of anilines is 1. The fraction of sp³-hybridized carbons (Fsp3) is 0.583. The van der Waals surface area contributed by atoms with Crippen molar-refractivity contribution in [3.63, 3.8) is 0 Å². The van der Waals surface area contributed by atoms with Crippen molar-refractivity contribution in [1.82, 2.24) is 4.57 Å². The third kappa shape index (κ3) is 2.11. The topological polar surface area (TPSA) is 43.3 Å². The molecule has 4 nitrogen and oxygen atoms in total. The second-order valence-electron chi connectivity index (χ2n) is 4.51. The predicted octanol–water partition coefficient (Wildman–Crippen LogP) is 1.63. The fourth-order valence-electron chi connectivity index (χ4n) is 1.90. The van der Waals surface area contributed by atoms with Crippen molar-refractivity contribution in [2.45, 2.75) is 38.5 Å². The Kier molecular flexibility index (Phi) is 3.01. The zero-order valence-corrected chi connectivity index (χ0v) is 9.93. The van der Waals surface area contributed by atoms with Crippen LogP contribution in [0.25, 0.3) is 0 Å². The number of ether oxygens (including phenoxy) is 1. The first-order valence-corrected chi connectivity index (χ1v) is 5.64. The van der Waals surface area contributed by atoms with E-state index in [0.29, 0.717) is 5.69 Å². The van der Waals surface area contributed by atoms with E-state index in [1.807, 2.05) is 32.2 Å². The summed E-state index contributed by atoms with van der Waals surface area (Å²) < 4.78 is 6.99. The zero-order valence-electron chi connectivity index (χ0n) is 9.93. The molecule has 0 aliphatic heterocycles. The SMILES string of the molecule is COC1CC1n1cccc(NC(C)C)c1=O. The molecular weight excluding hydrogens is 204 g/mol. The van der Waals surface area contributed by atoms with Gasteiger partial charge in [-0.15, -0.1) is 0 Å². The molecule has 1 aliphatic rings. The van der Waals surface area contributed by atoms with Crippen LogP contribution >= 0.6 is 0 Å². The van der Waals surface area contributed by atoms with Crippen molar-refractivity contribution < 1.29 is 4.74 Å². The minimum atomic E-state index is 0.0424. The lowest BCUT2D eigenvalue weighted by molar-refractivity contribution is 0.169. The number of nitrogens with zero attached hydrogens (tertiary/aromatic N) is 1. The first kappa shape index (κ1) is 11.2. The average molecular weight is 222 g/mol. The van der Waals surface area contributed by atoms with Gasteiger partial charge in [-0.25, -0.2) is 0 Å². The van der Waals surface area contributed by atoms with Gasteiger partial charge in [-0.3, -0.25) is 4.79 Å². The highest BCUT2D eigenvalue weighted by atomic mass is 16.5. The molecule has 2 unspecified atom stereocenters. The number of hydrogen-bond acceptors (Lipinski definition) is 3. The molecule has 4 heteroatoms. The van der Waals surface area contributed by atoms with Crippen LogP contribution in [0.1, 0.15) is 26.3 Å². The third-order valence-corrected chi connectivity index (χ3v) is 2.78. The maximum Gasteiger partial charge on any atom is 0.274 e. The van der Waals surface area contributed by atoms with Crippen LogP contribution in [-0.4, -0.2) is 23.8 Å². The van der Waals surface area contributed by atoms with E-state index in [9.17, 15) is 4.79 Å². The van der Waals surface area contributed by atoms with Gasteiger partial charge in [-0.2, -0.15) is 0 Å². The van der Waals surface area contributed by atoms with Crippen LogP contribution in [0.2, 0.25) is 0 Å². The molecule has 0 radical (unpaired) electrons. The summed E-state index contributed by atoms with van der Waals surface area (Å²) in [5, 5.41) is 3.15. The lowest BCUT2D eigenvalue weighted by Crippen LogP contribution is -2.25. The van der Waals surface area contributed by atoms with Gasteiger partial charge in [0.2, 0.25) is 0 Å². The van der Waals surface area contributed by atoms with E-state index in [4.69, 9.17) is 4.74 Å². The first-order valence-electron chi connectivity index (χ1n) is 5.64. The lowest BCUT2D eigenvalue weighted by atomic mass is 10.3. The van der Waals surface area contributed by atoms with Crippen molar-refractivity contribution >= 4 is 5.69 Å². The molecule has 1 saturated carbocycles. The Morgan fingerprint density at radius 3 is 2.88 bits per heavy atom. The van der Waals surface area contributed by atoms with Gasteiger partial charge in [-0.05, 0) is 32.4 Å². The summed E-state index contributed by atoms with van der Waals surface area (Å²) in [5.41, 5.74) is 0.708. The lowest BCUT2D eigenvalue weighted by Gasteiger charge is -2.11. The molecule has 0 bridgehead atoms. The van der Waals surface area contributed by atoms with Crippen molar-refractivity contribution in [2.24, 2.45) is 0 Å². The van der Waals surface area contributed by atoms with Gasteiger partial charge in [0, 0.05) is 19.3 Å². The Balaban J connectivity index is 2.24. The van der Waals surface area contributed by atoms with E-state index in [-0.39, 0.29) is 23.7 Å². The summed E-state index contributed by atoms with van der Waals surface area (Å²) in [5.74, 6) is 0. The van der Waals surface area contributed by atoms with Crippen LogP contribution in [0.5, 0.6) is 0 Å². The highest BCUT2D eigenvalue weighted by Gasteiger charge is 2.39. The van der Waals surface area contributed by atoms with Crippen LogP contribution in [0.3, 0.4) is 0 Å². The zero-order chi connectivity index (χ0) is 11.7. The van der Waals surface area contributed by atoms with Gasteiger partial charge >= 0.3 is 0 Å². The molecule has 0 spiro atoms. The van der Waals surface area contributed by atoms with Crippen molar-refractivity contribution in [2.75, 3.05) is 12.4 Å². The smallest absolute Gasteiger partial charge is 0.274 e. The summed E-state index contributed by atoms with van der Waals surface area (Å²) in [6.45, 7) is 4.04. The van der Waals surface area contributed by atoms with Gasteiger partial charge in [-0.1, -0.05) is 0 Å². The normalized spacial score (nSPS) is 23.5. The van der Waals surface area contributed by atoms with Gasteiger partial charge in [0.05, 0.1) is 12.1 Å². The number of pyridine rings is 1. The van der Waals surface area contributed by atoms with Crippen LogP contribution in [0.15, 0.2) is 23.1 Å². The predicted molar refractivity (Wildman–Crippen MR) is 63.9 cm³/mol. The van der Waals surface area contributed by atoms with Crippen molar-refractivity contribution in [1.29, 1.82) is 0 Å². The van der Waals surface area contributed by atoms with Crippen molar-refractivity contribution in [3.05, 3.63) is 28.7 Å². The van der Waals surface area contributed by atoms with Gasteiger partial charge in [0.1, 0.15) is 5.69 Å². The molecule has 0 aromatic carbocycles. The van der Waals surface area contributed by atoms with Gasteiger partial charge in [0.25, 0.3) is 5.56 Å². The van der Waals surface area contributed by atoms with E-state index in [0.717, 1.165) is 6.42 Å². The van der Waals surface area contributed by atoms with E-state index < -0.39 is 0 Å². The summed E-state index contributed by atoms with van der Waals surface area (Å²) in [4.78, 5) is 12.1. The Morgan fingerprint density at radius 1 is 1.56 bits per heavy atom. The first-order chi connectivity index (χ1) is 7.63. The summed E-state index contributed by atoms with van der Waals surface area (Å²) in [6, 6.07) is 4.20. The second kappa shape index (κ2) is 4.29. The number of aromatic nitrogens is 1. The molecule has 88 valence electrons. The average Bonchev–Trinajstić information content (AvgIpc) is 2.99. The molecule has 1 fully saturated rings. The number of nitrogens with one attached hydrogen (secondary N) is 1. The monoisotopic (exact) mass is 222 g/mol. The minimum Gasteiger partial charge on any atom is -0.379 e. The van der Waals surface area contributed by atoms with Gasteiger partial charge in [0.15, 0.2) is 0 Å². The number of hydrogen-bond donors (Lipinski definition) is 1. The summed E-state index contributed by atoms with van der Waals surface area (Å²) in [6.07, 6.45) is 2.96. The molecule has 2 atom stereocenters. The second-order valence-corrected chi connectivity index (χ2v) is 4.51. The van der Waals surface area contributed by atoms with E-state index in [1.165, 1.54) is 0 Å². The van der Waals surface area contributed by atoms with E-state index in [1.54, 1.807) is 11.7 Å². The molecule has 1 heterocycles. The van der Waals surface area contributed by atoms with Gasteiger partial charge < -0.3 is 14.6 Å². The van der Waals surface area contributed by atoms with Crippen LogP contribution in [0.4, 0.5) is 5.69 Å². The Hall–Kier alpha value is -1.29. The standard InChI is InChI=1S/C12H18N2O2/c1-8(2)13-9-5-4-6-14(12(9)15)10-7-11(10)16-3/h4-6,8,10-11,13H,7H2,1-3H3. The maximum absolute atomic E-state index is 12.1. The molecule has 1 aromatic rings. The quantitative estimate of drug-likeness (QED) is 0.842. The van der Waals surface area contributed by atoms with Crippen molar-refractivity contribution in [3.8, 4) is 0 Å². The minimum absolute atomic E-state index is 0.0424. The van der Waals surface area contributed by atoms with E-state index in [2.05, 4.69) is 5.32 Å². The molecule has 0 amide bonds. The summed E-state index contributed by atoms with van der Waals surface area (Å²) in [7, 11) is 1.69. The molecule has 16 heavy (non-hydrogen) atoms. The maximum atomic E-state index is 12.1. The summed E-state index contributed by atoms with van der Waals surface area (Å²) >= 11 is 0. The number of rotatable bonds is 4. The van der Waals surface area contributed by atoms with Crippen LogP contribution in [0, 0.1) is 0 Å². The van der Waals surface area contributed by atoms with Crippen LogP contribution in [-0.2, 0) is 4.74 Å². The molecule has 0 saturated heterocycles. The largest absolute Gasteiger partial charge is 0.379 e. The molecule has 1 aliphatic carbocycles. The Morgan fingerprint density at radius 2 is 2.31 bits per heavy atom. The highest BCUT2D eigenvalue weighted by molar-refractivity contribution is 5.41. The molecule has 1 aromatic heterocycles. The Labute approximate surface area is 95.2 Å². The van der Waals surface area contributed by atoms with Crippen LogP contribution < -0.4 is 10.9 Å². The molecule has 1 N–H and O–H groups in total. The molecular formula is C12H18N2O2. The number of methoxy groups -OCH3 is 1. The molecule has 2 rings (SSSR count).